The number of aromatic nitrogens is 2. The van der Waals surface area contributed by atoms with Gasteiger partial charge in [0.2, 0.25) is 0 Å². The first-order chi connectivity index (χ1) is 8.75. The van der Waals surface area contributed by atoms with Crippen LogP contribution in [-0.4, -0.2) is 16.2 Å². The van der Waals surface area contributed by atoms with Gasteiger partial charge in [0.15, 0.2) is 0 Å². The monoisotopic (exact) mass is 267 g/mol. The van der Waals surface area contributed by atoms with Crippen LogP contribution in [0.4, 0.5) is 0 Å². The van der Waals surface area contributed by atoms with Gasteiger partial charge in [0.05, 0.1) is 0 Å². The van der Waals surface area contributed by atoms with Gasteiger partial charge in [-0.2, -0.15) is 0 Å². The molecule has 1 aromatic rings. The quantitative estimate of drug-likeness (QED) is 0.900. The summed E-state index contributed by atoms with van der Waals surface area (Å²) >= 11 is 1.81. The van der Waals surface area contributed by atoms with Gasteiger partial charge in [-0.25, -0.2) is 0 Å². The van der Waals surface area contributed by atoms with Gasteiger partial charge in [-0.1, -0.05) is 57.3 Å². The minimum absolute atomic E-state index is 0.513. The lowest BCUT2D eigenvalue weighted by Gasteiger charge is -2.16. The van der Waals surface area contributed by atoms with Crippen LogP contribution in [0.2, 0.25) is 0 Å². The summed E-state index contributed by atoms with van der Waals surface area (Å²) in [6.07, 6.45) is 9.58. The summed E-state index contributed by atoms with van der Waals surface area (Å²) in [5.41, 5.74) is 0. The average Bonchev–Trinajstić information content (AvgIpc) is 2.74. The highest BCUT2D eigenvalue weighted by Crippen LogP contribution is 2.32. The van der Waals surface area contributed by atoms with Crippen LogP contribution in [0.15, 0.2) is 0 Å². The van der Waals surface area contributed by atoms with Crippen molar-refractivity contribution >= 4 is 11.3 Å². The Labute approximate surface area is 114 Å². The van der Waals surface area contributed by atoms with E-state index in [1.54, 1.807) is 0 Å². The number of nitrogens with zero attached hydrogens (tertiary/aromatic N) is 2. The molecule has 2 rings (SSSR count). The molecule has 3 nitrogen and oxygen atoms in total. The van der Waals surface area contributed by atoms with E-state index in [4.69, 9.17) is 0 Å². The normalized spacial score (nSPS) is 18.8. The molecule has 0 unspecified atom stereocenters. The van der Waals surface area contributed by atoms with Crippen molar-refractivity contribution in [3.63, 3.8) is 0 Å². The van der Waals surface area contributed by atoms with Crippen LogP contribution < -0.4 is 5.32 Å². The van der Waals surface area contributed by atoms with Crippen molar-refractivity contribution in [1.29, 1.82) is 0 Å². The van der Waals surface area contributed by atoms with Crippen molar-refractivity contribution in [1.82, 2.24) is 15.5 Å². The summed E-state index contributed by atoms with van der Waals surface area (Å²) < 4.78 is 0. The molecule has 18 heavy (non-hydrogen) atoms. The molecule has 1 aliphatic carbocycles. The molecule has 0 radical (unpaired) electrons. The fourth-order valence-electron chi connectivity index (χ4n) is 2.50. The molecule has 0 aliphatic heterocycles. The van der Waals surface area contributed by atoms with E-state index < -0.39 is 0 Å². The standard InChI is InChI=1S/C14H25N3S/c1-11(2)15-10-13-16-17-14(18-13)12-8-6-4-3-5-7-9-12/h11-12,15H,3-10H2,1-2H3. The zero-order valence-corrected chi connectivity index (χ0v) is 12.4. The Morgan fingerprint density at radius 1 is 1.11 bits per heavy atom. The van der Waals surface area contributed by atoms with E-state index in [0.717, 1.165) is 11.6 Å². The molecule has 0 atom stereocenters. The fraction of sp³-hybridized carbons (Fsp3) is 0.857. The summed E-state index contributed by atoms with van der Waals surface area (Å²) in [7, 11) is 0. The first kappa shape index (κ1) is 13.9. The molecule has 1 fully saturated rings. The van der Waals surface area contributed by atoms with Crippen molar-refractivity contribution in [3.8, 4) is 0 Å². The Morgan fingerprint density at radius 2 is 1.78 bits per heavy atom. The molecule has 102 valence electrons. The minimum atomic E-state index is 0.513. The first-order valence-corrected chi connectivity index (χ1v) is 8.13. The lowest BCUT2D eigenvalue weighted by Crippen LogP contribution is -2.21. The predicted molar refractivity (Wildman–Crippen MR) is 76.9 cm³/mol. The Kier molecular flexibility index (Phi) is 5.57. The molecule has 1 aliphatic rings. The van der Waals surface area contributed by atoms with Gasteiger partial charge in [0.25, 0.3) is 0 Å². The molecule has 1 saturated carbocycles. The van der Waals surface area contributed by atoms with Crippen molar-refractivity contribution < 1.29 is 0 Å². The first-order valence-electron chi connectivity index (χ1n) is 7.31. The maximum absolute atomic E-state index is 4.42. The highest BCUT2D eigenvalue weighted by molar-refractivity contribution is 7.11. The molecule has 0 saturated heterocycles. The van der Waals surface area contributed by atoms with Crippen LogP contribution in [0, 0.1) is 0 Å². The molecule has 0 amide bonds. The van der Waals surface area contributed by atoms with Crippen molar-refractivity contribution in [2.24, 2.45) is 0 Å². The predicted octanol–water partition coefficient (Wildman–Crippen LogP) is 3.86. The smallest absolute Gasteiger partial charge is 0.131 e. The highest BCUT2D eigenvalue weighted by atomic mass is 32.1. The second-order valence-corrected chi connectivity index (χ2v) is 6.71. The number of hydrogen-bond donors (Lipinski definition) is 1. The van der Waals surface area contributed by atoms with E-state index in [0.29, 0.717) is 12.0 Å². The van der Waals surface area contributed by atoms with Gasteiger partial charge in [-0.05, 0) is 12.8 Å². The fourth-order valence-corrected chi connectivity index (χ4v) is 3.46. The summed E-state index contributed by atoms with van der Waals surface area (Å²) in [5, 5.41) is 14.6. The lowest BCUT2D eigenvalue weighted by atomic mass is 9.92. The number of nitrogens with one attached hydrogen (secondary N) is 1. The van der Waals surface area contributed by atoms with Crippen LogP contribution in [-0.2, 0) is 6.54 Å². The second kappa shape index (κ2) is 7.19. The lowest BCUT2D eigenvalue weighted by molar-refractivity contribution is 0.453. The van der Waals surface area contributed by atoms with E-state index in [9.17, 15) is 0 Å². The molecule has 4 heteroatoms. The summed E-state index contributed by atoms with van der Waals surface area (Å²) in [4.78, 5) is 0. The Bertz CT molecular complexity index is 341. The zero-order chi connectivity index (χ0) is 12.8. The van der Waals surface area contributed by atoms with E-state index in [-0.39, 0.29) is 0 Å². The number of hydrogen-bond acceptors (Lipinski definition) is 4. The Balaban J connectivity index is 1.90. The molecular weight excluding hydrogens is 242 g/mol. The SMILES string of the molecule is CC(C)NCc1nnc(C2CCCCCCC2)s1. The van der Waals surface area contributed by atoms with Crippen molar-refractivity contribution in [2.75, 3.05) is 0 Å². The highest BCUT2D eigenvalue weighted by Gasteiger charge is 2.17. The van der Waals surface area contributed by atoms with Crippen LogP contribution in [0.5, 0.6) is 0 Å². The van der Waals surface area contributed by atoms with Gasteiger partial charge in [0.1, 0.15) is 10.0 Å². The maximum Gasteiger partial charge on any atom is 0.131 e. The van der Waals surface area contributed by atoms with E-state index in [1.807, 2.05) is 11.3 Å². The second-order valence-electron chi connectivity index (χ2n) is 5.61. The average molecular weight is 267 g/mol. The number of rotatable bonds is 4. The summed E-state index contributed by atoms with van der Waals surface area (Å²) in [6.45, 7) is 5.19. The zero-order valence-electron chi connectivity index (χ0n) is 11.6. The van der Waals surface area contributed by atoms with Gasteiger partial charge in [0, 0.05) is 18.5 Å². The van der Waals surface area contributed by atoms with Gasteiger partial charge in [-0.15, -0.1) is 10.2 Å². The Hall–Kier alpha value is -0.480. The summed E-state index contributed by atoms with van der Waals surface area (Å²) in [5.74, 6) is 0.676. The molecule has 0 bridgehead atoms. The van der Waals surface area contributed by atoms with Crippen molar-refractivity contribution in [3.05, 3.63) is 10.0 Å². The van der Waals surface area contributed by atoms with Crippen molar-refractivity contribution in [2.45, 2.75) is 77.3 Å². The topological polar surface area (TPSA) is 37.8 Å². The molecule has 0 aromatic carbocycles. The van der Waals surface area contributed by atoms with Gasteiger partial charge >= 0.3 is 0 Å². The molecular formula is C14H25N3S. The maximum atomic E-state index is 4.42. The third-order valence-corrected chi connectivity index (χ3v) is 4.68. The van der Waals surface area contributed by atoms with E-state index in [2.05, 4.69) is 29.4 Å². The third kappa shape index (κ3) is 4.32. The van der Waals surface area contributed by atoms with Crippen LogP contribution in [0.3, 0.4) is 0 Å². The molecule has 1 N–H and O–H groups in total. The largest absolute Gasteiger partial charge is 0.308 e. The van der Waals surface area contributed by atoms with Crippen LogP contribution >= 0.6 is 11.3 Å². The van der Waals surface area contributed by atoms with E-state index >= 15 is 0 Å². The van der Waals surface area contributed by atoms with Gasteiger partial charge in [-0.3, -0.25) is 0 Å². The molecule has 1 heterocycles. The summed E-state index contributed by atoms with van der Waals surface area (Å²) in [6, 6.07) is 0.513. The minimum Gasteiger partial charge on any atom is -0.308 e. The van der Waals surface area contributed by atoms with Gasteiger partial charge < -0.3 is 5.32 Å². The van der Waals surface area contributed by atoms with Crippen LogP contribution in [0.25, 0.3) is 0 Å². The Morgan fingerprint density at radius 3 is 2.44 bits per heavy atom. The van der Waals surface area contributed by atoms with Crippen LogP contribution in [0.1, 0.15) is 74.7 Å². The third-order valence-electron chi connectivity index (χ3n) is 3.60. The molecule has 0 spiro atoms. The molecule has 1 aromatic heterocycles. The van der Waals surface area contributed by atoms with E-state index in [1.165, 1.54) is 50.0 Å².